The maximum atomic E-state index is 9.27. The third-order valence-electron chi connectivity index (χ3n) is 11.6. The Kier molecular flexibility index (Phi) is 12.6. The van der Waals surface area contributed by atoms with Crippen LogP contribution < -0.4 is 5.73 Å². The number of furan rings is 1. The number of fused-ring (bicyclic) bond motifs is 9. The van der Waals surface area contributed by atoms with Crippen molar-refractivity contribution in [3.8, 4) is 22.3 Å². The summed E-state index contributed by atoms with van der Waals surface area (Å²) in [5.74, 6) is 0. The Morgan fingerprint density at radius 3 is 1.77 bits per heavy atom. The fourth-order valence-electron chi connectivity index (χ4n) is 8.42. The highest BCUT2D eigenvalue weighted by Gasteiger charge is 2.18. The maximum Gasteiger partial charge on any atom is 0.136 e. The molecular formula is C59H48N2OS2. The van der Waals surface area contributed by atoms with Gasteiger partial charge in [0.2, 0.25) is 0 Å². The number of nitrogens with two attached hydrogens (primary N) is 1. The van der Waals surface area contributed by atoms with Crippen molar-refractivity contribution in [3.05, 3.63) is 229 Å². The van der Waals surface area contributed by atoms with Crippen molar-refractivity contribution in [1.82, 2.24) is 0 Å². The molecule has 0 saturated carbocycles. The van der Waals surface area contributed by atoms with Gasteiger partial charge in [-0.25, -0.2) is 0 Å². The molecule has 0 aliphatic carbocycles. The molecular weight excluding hydrogens is 817 g/mol. The third kappa shape index (κ3) is 8.37. The second-order valence-corrected chi connectivity index (χ2v) is 17.6. The Morgan fingerprint density at radius 1 is 0.484 bits per heavy atom. The topological polar surface area (TPSA) is 63.0 Å². The standard InChI is InChI=1S/C37H23NOS.C13H10S.C8H10.CH5N/c38-36(26-12-6-11-24(21-26)23-9-2-1-3-10-23)30-16-8-17-33-35(30)31-22-25(19-20-32(31)39-33)27-14-7-15-29-28-13-4-5-18-34(28)40-37(27)29;1-9-5-4-7-11-10-6-2-3-8-12(10)14-13(9)11;1-2-8-6-4-3-5-7-8;1-2/h1-22,38H;2-8H,1H3;3-7H,2H2,1H3;2H2,1H3. The first-order chi connectivity index (χ1) is 31.5. The number of hydrogen-bond acceptors (Lipinski definition) is 5. The number of thiophene rings is 2. The Balaban J connectivity index is 0.000000175. The molecule has 0 atom stereocenters. The monoisotopic (exact) mass is 864 g/mol. The molecule has 0 fully saturated rings. The van der Waals surface area contributed by atoms with E-state index in [0.29, 0.717) is 5.71 Å². The minimum Gasteiger partial charge on any atom is -0.456 e. The summed E-state index contributed by atoms with van der Waals surface area (Å²) >= 11 is 3.73. The van der Waals surface area contributed by atoms with Gasteiger partial charge in [-0.3, -0.25) is 5.41 Å². The van der Waals surface area contributed by atoms with Gasteiger partial charge < -0.3 is 10.2 Å². The molecule has 0 amide bonds. The van der Waals surface area contributed by atoms with E-state index in [9.17, 15) is 5.41 Å². The zero-order chi connectivity index (χ0) is 44.0. The van der Waals surface area contributed by atoms with Crippen LogP contribution in [0, 0.1) is 12.3 Å². The molecule has 12 rings (SSSR count). The molecule has 0 spiro atoms. The van der Waals surface area contributed by atoms with Crippen LogP contribution in [0.4, 0.5) is 0 Å². The maximum absolute atomic E-state index is 9.27. The highest BCUT2D eigenvalue weighted by Crippen LogP contribution is 2.42. The van der Waals surface area contributed by atoms with Crippen molar-refractivity contribution in [2.24, 2.45) is 5.73 Å². The summed E-state index contributed by atoms with van der Waals surface area (Å²) in [6.07, 6.45) is 1.14. The minimum atomic E-state index is 0.489. The van der Waals surface area contributed by atoms with Crippen LogP contribution in [0.3, 0.4) is 0 Å². The molecule has 9 aromatic carbocycles. The first kappa shape index (κ1) is 42.2. The molecule has 0 aliphatic heterocycles. The summed E-state index contributed by atoms with van der Waals surface area (Å²) in [5.41, 5.74) is 15.8. The summed E-state index contributed by atoms with van der Waals surface area (Å²) in [6, 6.07) is 71.8. The van der Waals surface area contributed by atoms with Crippen molar-refractivity contribution in [3.63, 3.8) is 0 Å². The molecule has 64 heavy (non-hydrogen) atoms. The predicted octanol–water partition coefficient (Wildman–Crippen LogP) is 16.9. The van der Waals surface area contributed by atoms with Gasteiger partial charge in [-0.15, -0.1) is 22.7 Å². The fraction of sp³-hybridized carbons (Fsp3) is 0.0678. The van der Waals surface area contributed by atoms with E-state index in [4.69, 9.17) is 4.42 Å². The van der Waals surface area contributed by atoms with Crippen LogP contribution in [0.2, 0.25) is 0 Å². The Labute approximate surface area is 382 Å². The lowest BCUT2D eigenvalue weighted by molar-refractivity contribution is 0.669. The smallest absolute Gasteiger partial charge is 0.136 e. The van der Waals surface area contributed by atoms with E-state index in [-0.39, 0.29) is 0 Å². The molecule has 3 aromatic heterocycles. The second kappa shape index (κ2) is 19.1. The molecule has 3 N–H and O–H groups in total. The van der Waals surface area contributed by atoms with Crippen LogP contribution >= 0.6 is 22.7 Å². The zero-order valence-corrected chi connectivity index (χ0v) is 37.8. The van der Waals surface area contributed by atoms with Crippen LogP contribution in [0.25, 0.3) is 84.5 Å². The van der Waals surface area contributed by atoms with E-state index in [2.05, 4.69) is 171 Å². The van der Waals surface area contributed by atoms with Crippen molar-refractivity contribution in [1.29, 1.82) is 5.41 Å². The van der Waals surface area contributed by atoms with Crippen molar-refractivity contribution < 1.29 is 4.42 Å². The van der Waals surface area contributed by atoms with Gasteiger partial charge in [0.1, 0.15) is 11.2 Å². The highest BCUT2D eigenvalue weighted by atomic mass is 32.1. The van der Waals surface area contributed by atoms with Gasteiger partial charge in [0.15, 0.2) is 0 Å². The van der Waals surface area contributed by atoms with Gasteiger partial charge in [0.25, 0.3) is 0 Å². The third-order valence-corrected chi connectivity index (χ3v) is 14.1. The van der Waals surface area contributed by atoms with Crippen molar-refractivity contribution in [2.75, 3.05) is 7.05 Å². The predicted molar refractivity (Wildman–Crippen MR) is 280 cm³/mol. The lowest BCUT2D eigenvalue weighted by Crippen LogP contribution is -2.02. The van der Waals surface area contributed by atoms with Crippen molar-refractivity contribution in [2.45, 2.75) is 20.3 Å². The normalized spacial score (nSPS) is 10.9. The molecule has 0 radical (unpaired) electrons. The van der Waals surface area contributed by atoms with E-state index in [1.165, 1.54) is 64.1 Å². The van der Waals surface area contributed by atoms with Gasteiger partial charge in [-0.05, 0) is 90.2 Å². The summed E-state index contributed by atoms with van der Waals surface area (Å²) in [4.78, 5) is 0. The average molecular weight is 865 g/mol. The van der Waals surface area contributed by atoms with Crippen LogP contribution in [0.5, 0.6) is 0 Å². The van der Waals surface area contributed by atoms with Crippen LogP contribution in [-0.2, 0) is 6.42 Å². The van der Waals surface area contributed by atoms with E-state index >= 15 is 0 Å². The summed E-state index contributed by atoms with van der Waals surface area (Å²) in [5, 5.41) is 16.7. The van der Waals surface area contributed by atoms with Crippen LogP contribution in [-0.4, -0.2) is 12.8 Å². The summed E-state index contributed by atoms with van der Waals surface area (Å²) < 4.78 is 11.7. The van der Waals surface area contributed by atoms with Gasteiger partial charge in [-0.2, -0.15) is 0 Å². The lowest BCUT2D eigenvalue weighted by atomic mass is 9.94. The van der Waals surface area contributed by atoms with Gasteiger partial charge >= 0.3 is 0 Å². The fourth-order valence-corrected chi connectivity index (χ4v) is 10.8. The lowest BCUT2D eigenvalue weighted by Gasteiger charge is -2.09. The highest BCUT2D eigenvalue weighted by molar-refractivity contribution is 7.26. The molecule has 3 heterocycles. The molecule has 0 unspecified atom stereocenters. The Morgan fingerprint density at radius 2 is 1.06 bits per heavy atom. The molecule has 0 bridgehead atoms. The van der Waals surface area contributed by atoms with E-state index in [1.54, 1.807) is 0 Å². The van der Waals surface area contributed by atoms with Gasteiger partial charge in [0, 0.05) is 62.2 Å². The molecule has 3 nitrogen and oxygen atoms in total. The Hall–Kier alpha value is -7.15. The quantitative estimate of drug-likeness (QED) is 0.169. The number of hydrogen-bond donors (Lipinski definition) is 2. The minimum absolute atomic E-state index is 0.489. The van der Waals surface area contributed by atoms with Crippen LogP contribution in [0.1, 0.15) is 29.2 Å². The first-order valence-corrected chi connectivity index (χ1v) is 23.3. The van der Waals surface area contributed by atoms with Crippen LogP contribution in [0.15, 0.2) is 211 Å². The molecule has 5 heteroatoms. The number of benzene rings is 9. The number of nitrogens with one attached hydrogen (secondary N) is 1. The second-order valence-electron chi connectivity index (χ2n) is 15.5. The van der Waals surface area contributed by atoms with Gasteiger partial charge in [0.05, 0.1) is 5.71 Å². The number of rotatable bonds is 5. The largest absolute Gasteiger partial charge is 0.456 e. The zero-order valence-electron chi connectivity index (χ0n) is 36.1. The molecule has 0 saturated heterocycles. The average Bonchev–Trinajstić information content (AvgIpc) is 4.07. The van der Waals surface area contributed by atoms with E-state index < -0.39 is 0 Å². The van der Waals surface area contributed by atoms with Crippen molar-refractivity contribution >= 4 is 90.7 Å². The molecule has 12 aromatic rings. The molecule has 312 valence electrons. The SMILES string of the molecule is CCc1ccccc1.CN.Cc1cccc2c1sc1ccccc12.N=C(c1cccc(-c2ccccc2)c1)c1cccc2oc3ccc(-c4cccc5c4sc4ccccc45)cc3c12. The first-order valence-electron chi connectivity index (χ1n) is 21.6. The Bertz CT molecular complexity index is 3540. The summed E-state index contributed by atoms with van der Waals surface area (Å²) in [7, 11) is 1.50. The summed E-state index contributed by atoms with van der Waals surface area (Å²) in [6.45, 7) is 4.34. The number of aryl methyl sites for hydroxylation is 2. The van der Waals surface area contributed by atoms with E-state index in [1.807, 2.05) is 77.3 Å². The molecule has 0 aliphatic rings. The van der Waals surface area contributed by atoms with E-state index in [0.717, 1.165) is 56.2 Å². The van der Waals surface area contributed by atoms with Gasteiger partial charge in [-0.1, -0.05) is 177 Å².